The molecule has 0 fully saturated rings. The van der Waals surface area contributed by atoms with Gasteiger partial charge in [-0.1, -0.05) is 13.0 Å². The number of aromatic amines is 1. The quantitative estimate of drug-likeness (QED) is 0.769. The number of hydrogen-bond donors (Lipinski definition) is 2. The van der Waals surface area contributed by atoms with Crippen molar-refractivity contribution in [2.24, 2.45) is 7.05 Å². The number of carbonyl (C=O) groups is 1. The Morgan fingerprint density at radius 2 is 2.20 bits per heavy atom. The molecule has 1 unspecified atom stereocenters. The van der Waals surface area contributed by atoms with E-state index >= 15 is 0 Å². The van der Waals surface area contributed by atoms with Crippen molar-refractivity contribution in [3.8, 4) is 11.4 Å². The zero-order valence-electron chi connectivity index (χ0n) is 14.5. The van der Waals surface area contributed by atoms with Crippen LogP contribution in [-0.4, -0.2) is 30.6 Å². The fourth-order valence-corrected chi connectivity index (χ4v) is 3.46. The number of nitrogens with zero attached hydrogens (tertiary/aromatic N) is 4. The molecule has 7 heteroatoms. The average Bonchev–Trinajstić information content (AvgIpc) is 3.15. The second-order valence-electron chi connectivity index (χ2n) is 6.30. The molecule has 3 aromatic rings. The first-order valence-electron chi connectivity index (χ1n) is 8.42. The first kappa shape index (κ1) is 15.6. The molecule has 0 spiro atoms. The Labute approximate surface area is 145 Å². The molecule has 1 amide bonds. The van der Waals surface area contributed by atoms with Gasteiger partial charge in [0.2, 0.25) is 5.91 Å². The van der Waals surface area contributed by atoms with Crippen LogP contribution in [0.2, 0.25) is 0 Å². The molecule has 0 aliphatic carbocycles. The Hall–Kier alpha value is -2.96. The van der Waals surface area contributed by atoms with Crippen LogP contribution in [0.3, 0.4) is 0 Å². The molecule has 0 radical (unpaired) electrons. The zero-order chi connectivity index (χ0) is 17.6. The van der Waals surface area contributed by atoms with E-state index in [2.05, 4.69) is 27.3 Å². The van der Waals surface area contributed by atoms with Crippen molar-refractivity contribution in [3.05, 3.63) is 47.2 Å². The van der Waals surface area contributed by atoms with Crippen LogP contribution in [-0.2, 0) is 18.3 Å². The number of rotatable bonds is 3. The number of aryl methyl sites for hydroxylation is 3. The summed E-state index contributed by atoms with van der Waals surface area (Å²) in [5, 5.41) is 7.58. The molecular formula is C18H20N6O. The van der Waals surface area contributed by atoms with E-state index in [0.717, 1.165) is 46.4 Å². The summed E-state index contributed by atoms with van der Waals surface area (Å²) in [5.41, 5.74) is 4.49. The van der Waals surface area contributed by atoms with Crippen LogP contribution in [0, 0.1) is 6.92 Å². The van der Waals surface area contributed by atoms with Crippen LogP contribution in [0.15, 0.2) is 24.4 Å². The molecule has 7 nitrogen and oxygen atoms in total. The lowest BCUT2D eigenvalue weighted by Gasteiger charge is -2.23. The molecule has 0 aromatic carbocycles. The minimum atomic E-state index is -0.133. The van der Waals surface area contributed by atoms with Crippen LogP contribution in [0.1, 0.15) is 42.0 Å². The third-order valence-electron chi connectivity index (χ3n) is 4.62. The monoisotopic (exact) mass is 336 g/mol. The van der Waals surface area contributed by atoms with Gasteiger partial charge in [-0.15, -0.1) is 0 Å². The molecule has 4 heterocycles. The Balaban J connectivity index is 1.92. The van der Waals surface area contributed by atoms with Gasteiger partial charge >= 0.3 is 0 Å². The molecule has 1 aliphatic heterocycles. The SMILES string of the molecule is CCc1nc(C2CC(=O)Nc3c2c(-c2ccccn2)nn3C)c(C)[nH]1. The number of H-pyrrole nitrogens is 1. The smallest absolute Gasteiger partial charge is 0.226 e. The topological polar surface area (TPSA) is 88.5 Å². The zero-order valence-corrected chi connectivity index (χ0v) is 14.5. The largest absolute Gasteiger partial charge is 0.346 e. The number of anilines is 1. The van der Waals surface area contributed by atoms with E-state index in [-0.39, 0.29) is 11.8 Å². The van der Waals surface area contributed by atoms with Gasteiger partial charge in [0, 0.05) is 43.3 Å². The number of imidazole rings is 1. The lowest BCUT2D eigenvalue weighted by molar-refractivity contribution is -0.116. The minimum Gasteiger partial charge on any atom is -0.346 e. The van der Waals surface area contributed by atoms with Gasteiger partial charge in [0.1, 0.15) is 17.3 Å². The summed E-state index contributed by atoms with van der Waals surface area (Å²) in [6.07, 6.45) is 2.93. The predicted molar refractivity (Wildman–Crippen MR) is 94.2 cm³/mol. The average molecular weight is 336 g/mol. The van der Waals surface area contributed by atoms with Gasteiger partial charge in [0.05, 0.1) is 11.4 Å². The highest BCUT2D eigenvalue weighted by Gasteiger charge is 2.35. The fourth-order valence-electron chi connectivity index (χ4n) is 3.46. The molecule has 4 rings (SSSR count). The van der Waals surface area contributed by atoms with Crippen LogP contribution >= 0.6 is 0 Å². The van der Waals surface area contributed by atoms with Crippen LogP contribution in [0.4, 0.5) is 5.82 Å². The Morgan fingerprint density at radius 1 is 1.36 bits per heavy atom. The van der Waals surface area contributed by atoms with Gasteiger partial charge in [-0.3, -0.25) is 14.5 Å². The lowest BCUT2D eigenvalue weighted by Crippen LogP contribution is -2.25. The molecule has 2 N–H and O–H groups in total. The van der Waals surface area contributed by atoms with E-state index in [4.69, 9.17) is 4.98 Å². The van der Waals surface area contributed by atoms with E-state index in [1.165, 1.54) is 0 Å². The highest BCUT2D eigenvalue weighted by Crippen LogP contribution is 2.42. The van der Waals surface area contributed by atoms with E-state index in [0.29, 0.717) is 6.42 Å². The van der Waals surface area contributed by atoms with Crippen molar-refractivity contribution in [2.45, 2.75) is 32.6 Å². The maximum absolute atomic E-state index is 12.3. The number of carbonyl (C=O) groups excluding carboxylic acids is 1. The first-order chi connectivity index (χ1) is 12.1. The highest BCUT2D eigenvalue weighted by atomic mass is 16.1. The highest BCUT2D eigenvalue weighted by molar-refractivity contribution is 5.96. The minimum absolute atomic E-state index is 0.0199. The third-order valence-corrected chi connectivity index (χ3v) is 4.62. The van der Waals surface area contributed by atoms with Gasteiger partial charge in [0.15, 0.2) is 0 Å². The lowest BCUT2D eigenvalue weighted by atomic mass is 9.87. The van der Waals surface area contributed by atoms with Crippen molar-refractivity contribution in [1.29, 1.82) is 0 Å². The number of aromatic nitrogens is 5. The number of amides is 1. The predicted octanol–water partition coefficient (Wildman–Crippen LogP) is 2.55. The molecule has 0 bridgehead atoms. The molecule has 128 valence electrons. The van der Waals surface area contributed by atoms with Crippen molar-refractivity contribution in [2.75, 3.05) is 5.32 Å². The Kier molecular flexibility index (Phi) is 3.63. The number of hydrogen-bond acceptors (Lipinski definition) is 4. The maximum atomic E-state index is 12.3. The summed E-state index contributed by atoms with van der Waals surface area (Å²) in [7, 11) is 1.84. The molecule has 1 atom stereocenters. The molecule has 3 aromatic heterocycles. The number of pyridine rings is 1. The number of fused-ring (bicyclic) bond motifs is 1. The Morgan fingerprint density at radius 3 is 2.88 bits per heavy atom. The van der Waals surface area contributed by atoms with Gasteiger partial charge in [-0.05, 0) is 19.1 Å². The van der Waals surface area contributed by atoms with Crippen molar-refractivity contribution in [3.63, 3.8) is 0 Å². The van der Waals surface area contributed by atoms with E-state index < -0.39 is 0 Å². The van der Waals surface area contributed by atoms with Gasteiger partial charge in [0.25, 0.3) is 0 Å². The van der Waals surface area contributed by atoms with Gasteiger partial charge in [-0.25, -0.2) is 4.98 Å². The normalized spacial score (nSPS) is 16.6. The summed E-state index contributed by atoms with van der Waals surface area (Å²) in [4.78, 5) is 24.8. The van der Waals surface area contributed by atoms with Crippen LogP contribution in [0.5, 0.6) is 0 Å². The molecule has 1 aliphatic rings. The van der Waals surface area contributed by atoms with E-state index in [1.54, 1.807) is 10.9 Å². The molecular weight excluding hydrogens is 316 g/mol. The van der Waals surface area contributed by atoms with Gasteiger partial charge < -0.3 is 10.3 Å². The molecule has 25 heavy (non-hydrogen) atoms. The standard InChI is InChI=1S/C18H20N6O/c1-4-13-20-10(2)16(21-13)11-9-14(25)22-18-15(11)17(23-24(18)3)12-7-5-6-8-19-12/h5-8,11H,4,9H2,1-3H3,(H,20,21)(H,22,25). The van der Waals surface area contributed by atoms with Crippen LogP contribution in [0.25, 0.3) is 11.4 Å². The summed E-state index contributed by atoms with van der Waals surface area (Å²) in [6.45, 7) is 4.06. The van der Waals surface area contributed by atoms with Crippen LogP contribution < -0.4 is 5.32 Å². The second-order valence-corrected chi connectivity index (χ2v) is 6.30. The summed E-state index contributed by atoms with van der Waals surface area (Å²) in [6, 6.07) is 5.75. The van der Waals surface area contributed by atoms with E-state index in [1.807, 2.05) is 32.2 Å². The van der Waals surface area contributed by atoms with E-state index in [9.17, 15) is 4.79 Å². The van der Waals surface area contributed by atoms with Crippen molar-refractivity contribution >= 4 is 11.7 Å². The van der Waals surface area contributed by atoms with Gasteiger partial charge in [-0.2, -0.15) is 5.10 Å². The second kappa shape index (κ2) is 5.84. The fraction of sp³-hybridized carbons (Fsp3) is 0.333. The maximum Gasteiger partial charge on any atom is 0.226 e. The molecule has 0 saturated heterocycles. The summed E-state index contributed by atoms with van der Waals surface area (Å²) >= 11 is 0. The summed E-state index contributed by atoms with van der Waals surface area (Å²) < 4.78 is 1.71. The van der Waals surface area contributed by atoms with Crippen molar-refractivity contribution in [1.82, 2.24) is 24.7 Å². The Bertz CT molecular complexity index is 940. The summed E-state index contributed by atoms with van der Waals surface area (Å²) in [5.74, 6) is 1.50. The third kappa shape index (κ3) is 2.52. The number of nitrogens with one attached hydrogen (secondary N) is 2. The molecule has 0 saturated carbocycles. The van der Waals surface area contributed by atoms with Crippen molar-refractivity contribution < 1.29 is 4.79 Å². The first-order valence-corrected chi connectivity index (χ1v) is 8.42.